The molecule has 0 fully saturated rings. The Kier molecular flexibility index (Phi) is 7.28. The average Bonchev–Trinajstić information content (AvgIpc) is 2.66. The maximum absolute atomic E-state index is 12.2. The number of aliphatic imine (C=N–C) groups is 1. The third kappa shape index (κ3) is 5.80. The van der Waals surface area contributed by atoms with Gasteiger partial charge in [0.05, 0.1) is 12.3 Å². The normalized spacial score (nSPS) is 9.85. The molecule has 0 aliphatic rings. The van der Waals surface area contributed by atoms with Crippen LogP contribution in [0, 0.1) is 0 Å². The van der Waals surface area contributed by atoms with E-state index < -0.39 is 12.1 Å². The number of carbonyl (C=O) groups is 2. The van der Waals surface area contributed by atoms with E-state index in [1.54, 1.807) is 38.1 Å². The van der Waals surface area contributed by atoms with Crippen LogP contribution in [0.5, 0.6) is 0 Å². The molecule has 27 heavy (non-hydrogen) atoms. The van der Waals surface area contributed by atoms with Crippen LogP contribution in [0.4, 0.5) is 21.0 Å². The SMILES string of the molecule is CCOC(=O)N(CC)C(=O)Nc1ccc(Cc2ccc(N=C=O)cc2)cc1. The summed E-state index contributed by atoms with van der Waals surface area (Å²) in [4.78, 5) is 38.7. The standard InChI is InChI=1S/C20H21N3O4/c1-3-23(20(26)27-4-2)19(25)22-18-11-7-16(8-12-18)13-15-5-9-17(10-6-15)21-14-24/h5-12H,3-4,13H2,1-2H3,(H,22,25). The second-order valence-corrected chi connectivity index (χ2v) is 5.62. The molecule has 0 aliphatic carbocycles. The largest absolute Gasteiger partial charge is 0.449 e. The number of anilines is 1. The summed E-state index contributed by atoms with van der Waals surface area (Å²) in [5.41, 5.74) is 3.27. The molecule has 7 nitrogen and oxygen atoms in total. The number of rotatable bonds is 6. The van der Waals surface area contributed by atoms with Crippen LogP contribution >= 0.6 is 0 Å². The molecular formula is C20H21N3O4. The van der Waals surface area contributed by atoms with Gasteiger partial charge in [0.2, 0.25) is 6.08 Å². The topological polar surface area (TPSA) is 88.1 Å². The van der Waals surface area contributed by atoms with Gasteiger partial charge in [-0.1, -0.05) is 24.3 Å². The predicted octanol–water partition coefficient (Wildman–Crippen LogP) is 4.26. The van der Waals surface area contributed by atoms with Gasteiger partial charge in [-0.3, -0.25) is 0 Å². The lowest BCUT2D eigenvalue weighted by Gasteiger charge is -2.18. The van der Waals surface area contributed by atoms with E-state index in [4.69, 9.17) is 4.74 Å². The summed E-state index contributed by atoms with van der Waals surface area (Å²) in [6.45, 7) is 3.81. The molecule has 1 N–H and O–H groups in total. The van der Waals surface area contributed by atoms with Crippen molar-refractivity contribution in [3.63, 3.8) is 0 Å². The lowest BCUT2D eigenvalue weighted by molar-refractivity contribution is 0.119. The van der Waals surface area contributed by atoms with E-state index in [0.29, 0.717) is 17.8 Å². The van der Waals surface area contributed by atoms with Gasteiger partial charge >= 0.3 is 12.1 Å². The summed E-state index contributed by atoms with van der Waals surface area (Å²) in [5, 5.41) is 2.68. The van der Waals surface area contributed by atoms with Crippen LogP contribution in [0.1, 0.15) is 25.0 Å². The second kappa shape index (κ2) is 9.89. The fraction of sp³-hybridized carbons (Fsp3) is 0.250. The maximum Gasteiger partial charge on any atom is 0.417 e. The quantitative estimate of drug-likeness (QED) is 0.610. The van der Waals surface area contributed by atoms with Crippen molar-refractivity contribution in [2.75, 3.05) is 18.5 Å². The minimum Gasteiger partial charge on any atom is -0.449 e. The van der Waals surface area contributed by atoms with Gasteiger partial charge in [0.15, 0.2) is 0 Å². The number of benzene rings is 2. The molecule has 0 atom stereocenters. The number of ether oxygens (including phenoxy) is 1. The van der Waals surface area contributed by atoms with Gasteiger partial charge in [0.1, 0.15) is 0 Å². The third-order valence-electron chi connectivity index (χ3n) is 3.77. The van der Waals surface area contributed by atoms with Crippen LogP contribution < -0.4 is 5.32 Å². The zero-order valence-corrected chi connectivity index (χ0v) is 15.3. The zero-order valence-electron chi connectivity index (χ0n) is 15.3. The Hall–Kier alpha value is -3.44. The van der Waals surface area contributed by atoms with Gasteiger partial charge in [-0.2, -0.15) is 4.99 Å². The van der Waals surface area contributed by atoms with E-state index in [1.807, 2.05) is 24.3 Å². The van der Waals surface area contributed by atoms with Crippen LogP contribution in [-0.4, -0.2) is 36.3 Å². The number of imide groups is 1. The highest BCUT2D eigenvalue weighted by atomic mass is 16.6. The van der Waals surface area contributed by atoms with Crippen molar-refractivity contribution in [2.24, 2.45) is 4.99 Å². The Balaban J connectivity index is 1.98. The first kappa shape index (κ1) is 19.9. The van der Waals surface area contributed by atoms with Gasteiger partial charge in [0.25, 0.3) is 0 Å². The van der Waals surface area contributed by atoms with Gasteiger partial charge < -0.3 is 10.1 Å². The van der Waals surface area contributed by atoms with Gasteiger partial charge in [-0.05, 0) is 55.7 Å². The first-order valence-corrected chi connectivity index (χ1v) is 8.58. The number of nitrogens with zero attached hydrogens (tertiary/aromatic N) is 2. The van der Waals surface area contributed by atoms with E-state index in [0.717, 1.165) is 16.0 Å². The summed E-state index contributed by atoms with van der Waals surface area (Å²) < 4.78 is 4.86. The van der Waals surface area contributed by atoms with E-state index in [2.05, 4.69) is 10.3 Å². The molecule has 0 saturated carbocycles. The molecule has 0 spiro atoms. The molecule has 2 aromatic carbocycles. The van der Waals surface area contributed by atoms with Crippen LogP contribution in [0.25, 0.3) is 0 Å². The van der Waals surface area contributed by atoms with Gasteiger partial charge in [0, 0.05) is 12.2 Å². The fourth-order valence-electron chi connectivity index (χ4n) is 2.43. The number of carbonyl (C=O) groups excluding carboxylic acids is 3. The lowest BCUT2D eigenvalue weighted by Crippen LogP contribution is -2.40. The number of urea groups is 1. The second-order valence-electron chi connectivity index (χ2n) is 5.62. The van der Waals surface area contributed by atoms with Crippen LogP contribution in [-0.2, 0) is 16.0 Å². The van der Waals surface area contributed by atoms with Crippen LogP contribution in [0.15, 0.2) is 53.5 Å². The average molecular weight is 367 g/mol. The lowest BCUT2D eigenvalue weighted by atomic mass is 10.0. The van der Waals surface area contributed by atoms with Crippen molar-refractivity contribution in [3.05, 3.63) is 59.7 Å². The molecule has 0 unspecified atom stereocenters. The van der Waals surface area contributed by atoms with Gasteiger partial charge in [-0.25, -0.2) is 19.3 Å². The van der Waals surface area contributed by atoms with E-state index in [9.17, 15) is 14.4 Å². The Labute approximate surface area is 157 Å². The molecule has 0 bridgehead atoms. The van der Waals surface area contributed by atoms with E-state index in [-0.39, 0.29) is 13.2 Å². The maximum atomic E-state index is 12.2. The third-order valence-corrected chi connectivity index (χ3v) is 3.77. The summed E-state index contributed by atoms with van der Waals surface area (Å²) in [5.74, 6) is 0. The minimum atomic E-state index is -0.670. The Morgan fingerprint density at radius 1 is 1.04 bits per heavy atom. The number of isocyanates is 1. The van der Waals surface area contributed by atoms with Crippen molar-refractivity contribution in [3.8, 4) is 0 Å². The summed E-state index contributed by atoms with van der Waals surface area (Å²) in [6, 6.07) is 14.1. The Morgan fingerprint density at radius 2 is 1.63 bits per heavy atom. The molecule has 2 aromatic rings. The molecule has 3 amide bonds. The van der Waals surface area contributed by atoms with Crippen LogP contribution in [0.3, 0.4) is 0 Å². The van der Waals surface area contributed by atoms with Gasteiger partial charge in [-0.15, -0.1) is 0 Å². The Bertz CT molecular complexity index is 825. The van der Waals surface area contributed by atoms with Crippen molar-refractivity contribution < 1.29 is 19.1 Å². The zero-order chi connectivity index (χ0) is 19.6. The van der Waals surface area contributed by atoms with Crippen molar-refractivity contribution in [1.29, 1.82) is 0 Å². The first-order valence-electron chi connectivity index (χ1n) is 8.58. The molecule has 0 aromatic heterocycles. The van der Waals surface area contributed by atoms with E-state index >= 15 is 0 Å². The summed E-state index contributed by atoms with van der Waals surface area (Å²) in [7, 11) is 0. The highest BCUT2D eigenvalue weighted by Crippen LogP contribution is 2.17. The number of nitrogens with one attached hydrogen (secondary N) is 1. The molecule has 140 valence electrons. The highest BCUT2D eigenvalue weighted by molar-refractivity contribution is 5.99. The minimum absolute atomic E-state index is 0.208. The van der Waals surface area contributed by atoms with Crippen molar-refractivity contribution >= 4 is 29.6 Å². The number of hydrogen-bond donors (Lipinski definition) is 1. The molecule has 0 heterocycles. The smallest absolute Gasteiger partial charge is 0.417 e. The molecule has 0 saturated heterocycles. The fourth-order valence-corrected chi connectivity index (χ4v) is 2.43. The predicted molar refractivity (Wildman–Crippen MR) is 102 cm³/mol. The van der Waals surface area contributed by atoms with E-state index in [1.165, 1.54) is 6.08 Å². The molecule has 0 radical (unpaired) electrons. The molecule has 0 aliphatic heterocycles. The molecule has 2 rings (SSSR count). The first-order chi connectivity index (χ1) is 13.1. The number of amides is 3. The number of hydrogen-bond acceptors (Lipinski definition) is 5. The summed E-state index contributed by atoms with van der Waals surface area (Å²) in [6.07, 6.45) is 1.54. The monoisotopic (exact) mass is 367 g/mol. The van der Waals surface area contributed by atoms with Crippen LogP contribution in [0.2, 0.25) is 0 Å². The molecular weight excluding hydrogens is 346 g/mol. The Morgan fingerprint density at radius 3 is 2.15 bits per heavy atom. The highest BCUT2D eigenvalue weighted by Gasteiger charge is 2.20. The van der Waals surface area contributed by atoms with Crippen molar-refractivity contribution in [1.82, 2.24) is 4.90 Å². The van der Waals surface area contributed by atoms with Crippen molar-refractivity contribution in [2.45, 2.75) is 20.3 Å². The molecule has 7 heteroatoms. The summed E-state index contributed by atoms with van der Waals surface area (Å²) >= 11 is 0.